The SMILES string of the molecule is COc1cccc([C@@H]2CC(c3cccs3)=NN2C(=O)CSc2nnc(CNC(=O)Cc3ccccc3)n2Cc2ccccc2)c1OC. The number of carbonyl (C=O) groups excluding carboxylic acids is 2. The zero-order valence-corrected chi connectivity index (χ0v) is 27.7. The van der Waals surface area contributed by atoms with E-state index in [9.17, 15) is 9.59 Å². The molecule has 1 N–H and O–H groups in total. The molecule has 0 unspecified atom stereocenters. The first-order valence-corrected chi connectivity index (χ1v) is 16.9. The number of nitrogens with one attached hydrogen (secondary N) is 1. The molecule has 0 spiro atoms. The van der Waals surface area contributed by atoms with Crippen LogP contribution in [0.3, 0.4) is 0 Å². The van der Waals surface area contributed by atoms with Crippen LogP contribution in [0.4, 0.5) is 0 Å². The lowest BCUT2D eigenvalue weighted by molar-refractivity contribution is -0.130. The van der Waals surface area contributed by atoms with Crippen LogP contribution in [-0.2, 0) is 29.1 Å². The molecular formula is C35H34N6O4S2. The number of nitrogens with zero attached hydrogens (tertiary/aromatic N) is 5. The van der Waals surface area contributed by atoms with Gasteiger partial charge in [0.1, 0.15) is 0 Å². The first-order valence-electron chi connectivity index (χ1n) is 15.1. The zero-order valence-electron chi connectivity index (χ0n) is 26.0. The molecule has 47 heavy (non-hydrogen) atoms. The molecule has 3 aromatic carbocycles. The number of rotatable bonds is 13. The van der Waals surface area contributed by atoms with Crippen molar-refractivity contribution in [2.45, 2.75) is 37.1 Å². The third kappa shape index (κ3) is 7.55. The molecule has 5 aromatic rings. The minimum atomic E-state index is -0.372. The number of amides is 2. The van der Waals surface area contributed by atoms with Gasteiger partial charge in [0.05, 0.1) is 56.1 Å². The molecule has 1 atom stereocenters. The first kappa shape index (κ1) is 32.0. The maximum absolute atomic E-state index is 14.0. The molecule has 0 saturated heterocycles. The second kappa shape index (κ2) is 15.1. The molecule has 6 rings (SSSR count). The minimum absolute atomic E-state index is 0.0806. The van der Waals surface area contributed by atoms with E-state index in [2.05, 4.69) is 15.5 Å². The van der Waals surface area contributed by atoms with Gasteiger partial charge >= 0.3 is 0 Å². The average Bonchev–Trinajstić information content (AvgIpc) is 3.88. The molecule has 240 valence electrons. The first-order chi connectivity index (χ1) is 23.0. The topological polar surface area (TPSA) is 111 Å². The Bertz CT molecular complexity index is 1840. The summed E-state index contributed by atoms with van der Waals surface area (Å²) in [7, 11) is 3.19. The van der Waals surface area contributed by atoms with Crippen molar-refractivity contribution in [3.8, 4) is 11.5 Å². The molecule has 0 aliphatic carbocycles. The molecule has 0 saturated carbocycles. The van der Waals surface area contributed by atoms with Crippen molar-refractivity contribution in [2.24, 2.45) is 5.10 Å². The number of carbonyl (C=O) groups is 2. The Balaban J connectivity index is 1.22. The average molecular weight is 667 g/mol. The van der Waals surface area contributed by atoms with Crippen LogP contribution >= 0.6 is 23.1 Å². The summed E-state index contributed by atoms with van der Waals surface area (Å²) in [5.74, 6) is 1.56. The number of methoxy groups -OCH3 is 2. The minimum Gasteiger partial charge on any atom is -0.493 e. The number of benzene rings is 3. The van der Waals surface area contributed by atoms with Gasteiger partial charge in [-0.3, -0.25) is 9.59 Å². The molecule has 2 aromatic heterocycles. The van der Waals surface area contributed by atoms with Crippen molar-refractivity contribution in [1.29, 1.82) is 0 Å². The van der Waals surface area contributed by atoms with Crippen LogP contribution in [0, 0.1) is 0 Å². The largest absolute Gasteiger partial charge is 0.493 e. The standard InChI is InChI=1S/C35H34N6O4S2/c1-44-29-16-9-15-26(34(29)45-2)28-20-27(30-17-10-18-46-30)39-41(28)33(43)23-47-35-38-37-31(40(35)22-25-13-7-4-8-14-25)21-36-32(42)19-24-11-5-3-6-12-24/h3-18,28H,19-23H2,1-2H3,(H,36,42)/t28-/m0/s1. The predicted octanol–water partition coefficient (Wildman–Crippen LogP) is 5.73. The second-order valence-electron chi connectivity index (χ2n) is 10.8. The lowest BCUT2D eigenvalue weighted by Gasteiger charge is -2.24. The van der Waals surface area contributed by atoms with Crippen molar-refractivity contribution in [3.05, 3.63) is 124 Å². The van der Waals surface area contributed by atoms with Crippen LogP contribution in [0.1, 0.15) is 39.9 Å². The van der Waals surface area contributed by atoms with E-state index in [1.807, 2.05) is 101 Å². The summed E-state index contributed by atoms with van der Waals surface area (Å²) >= 11 is 2.89. The highest BCUT2D eigenvalue weighted by Crippen LogP contribution is 2.42. The van der Waals surface area contributed by atoms with Gasteiger partial charge in [0.25, 0.3) is 5.91 Å². The van der Waals surface area contributed by atoms with E-state index < -0.39 is 0 Å². The van der Waals surface area contributed by atoms with Gasteiger partial charge < -0.3 is 19.4 Å². The normalized spacial score (nSPS) is 14.1. The van der Waals surface area contributed by atoms with E-state index >= 15 is 0 Å². The van der Waals surface area contributed by atoms with E-state index in [-0.39, 0.29) is 36.6 Å². The van der Waals surface area contributed by atoms with Crippen molar-refractivity contribution in [2.75, 3.05) is 20.0 Å². The lowest BCUT2D eigenvalue weighted by Crippen LogP contribution is -2.29. The van der Waals surface area contributed by atoms with Crippen LogP contribution in [0.5, 0.6) is 11.5 Å². The fourth-order valence-electron chi connectivity index (χ4n) is 5.44. The Hall–Kier alpha value is -4.94. The number of hydrazone groups is 1. The van der Waals surface area contributed by atoms with E-state index in [4.69, 9.17) is 14.6 Å². The van der Waals surface area contributed by atoms with Crippen molar-refractivity contribution >= 4 is 40.6 Å². The van der Waals surface area contributed by atoms with E-state index in [0.29, 0.717) is 35.4 Å². The molecule has 0 radical (unpaired) electrons. The number of ether oxygens (including phenoxy) is 2. The predicted molar refractivity (Wildman–Crippen MR) is 183 cm³/mol. The summed E-state index contributed by atoms with van der Waals surface area (Å²) in [6.45, 7) is 0.695. The van der Waals surface area contributed by atoms with Gasteiger partial charge in [-0.05, 0) is 28.6 Å². The number of thioether (sulfide) groups is 1. The molecule has 10 nitrogen and oxygen atoms in total. The summed E-state index contributed by atoms with van der Waals surface area (Å²) in [5, 5.41) is 20.8. The second-order valence-corrected chi connectivity index (χ2v) is 12.7. The highest BCUT2D eigenvalue weighted by Gasteiger charge is 2.36. The maximum Gasteiger partial charge on any atom is 0.253 e. The number of thiophene rings is 1. The van der Waals surface area contributed by atoms with Crippen molar-refractivity contribution in [1.82, 2.24) is 25.1 Å². The lowest BCUT2D eigenvalue weighted by atomic mass is 9.99. The molecule has 1 aliphatic heterocycles. The Kier molecular flexibility index (Phi) is 10.3. The Morgan fingerprint density at radius 1 is 0.915 bits per heavy atom. The number of hydrogen-bond acceptors (Lipinski definition) is 9. The Labute approximate surface area is 281 Å². The molecular weight excluding hydrogens is 633 g/mol. The zero-order chi connectivity index (χ0) is 32.6. The molecule has 12 heteroatoms. The van der Waals surface area contributed by atoms with E-state index in [1.54, 1.807) is 30.6 Å². The summed E-state index contributed by atoms with van der Waals surface area (Å²) in [5.41, 5.74) is 3.64. The highest BCUT2D eigenvalue weighted by atomic mass is 32.2. The molecule has 0 bridgehead atoms. The number of hydrogen-bond donors (Lipinski definition) is 1. The summed E-state index contributed by atoms with van der Waals surface area (Å²) in [6, 6.07) is 28.8. The van der Waals surface area contributed by atoms with Crippen LogP contribution in [0.15, 0.2) is 107 Å². The van der Waals surface area contributed by atoms with Gasteiger partial charge in [-0.15, -0.1) is 21.5 Å². The third-order valence-electron chi connectivity index (χ3n) is 7.72. The fraction of sp³-hybridized carbons (Fsp3) is 0.229. The quantitative estimate of drug-likeness (QED) is 0.160. The van der Waals surface area contributed by atoms with Gasteiger partial charge in [0.15, 0.2) is 22.5 Å². The van der Waals surface area contributed by atoms with Gasteiger partial charge in [-0.25, -0.2) is 5.01 Å². The van der Waals surface area contributed by atoms with Gasteiger partial charge in [-0.1, -0.05) is 90.6 Å². The van der Waals surface area contributed by atoms with Gasteiger partial charge in [0.2, 0.25) is 5.91 Å². The smallest absolute Gasteiger partial charge is 0.253 e. The van der Waals surface area contributed by atoms with Gasteiger partial charge in [0, 0.05) is 12.0 Å². The molecule has 2 amide bonds. The Morgan fingerprint density at radius 3 is 2.38 bits per heavy atom. The maximum atomic E-state index is 14.0. The monoisotopic (exact) mass is 666 g/mol. The van der Waals surface area contributed by atoms with Crippen molar-refractivity contribution < 1.29 is 19.1 Å². The van der Waals surface area contributed by atoms with Crippen LogP contribution in [0.25, 0.3) is 0 Å². The molecule has 1 aliphatic rings. The van der Waals surface area contributed by atoms with Gasteiger partial charge in [-0.2, -0.15) is 5.10 Å². The number of aromatic nitrogens is 3. The van der Waals surface area contributed by atoms with Crippen LogP contribution in [-0.4, -0.2) is 57.3 Å². The van der Waals surface area contributed by atoms with Crippen LogP contribution < -0.4 is 14.8 Å². The molecule has 0 fully saturated rings. The van der Waals surface area contributed by atoms with E-state index in [0.717, 1.165) is 27.3 Å². The number of para-hydroxylation sites is 1. The van der Waals surface area contributed by atoms with Crippen molar-refractivity contribution in [3.63, 3.8) is 0 Å². The molecule has 3 heterocycles. The van der Waals surface area contributed by atoms with E-state index in [1.165, 1.54) is 11.8 Å². The highest BCUT2D eigenvalue weighted by molar-refractivity contribution is 7.99. The third-order valence-corrected chi connectivity index (χ3v) is 9.59. The summed E-state index contributed by atoms with van der Waals surface area (Å²) < 4.78 is 13.2. The Morgan fingerprint density at radius 2 is 1.68 bits per heavy atom. The summed E-state index contributed by atoms with van der Waals surface area (Å²) in [4.78, 5) is 27.7. The summed E-state index contributed by atoms with van der Waals surface area (Å²) in [6.07, 6.45) is 0.810. The van der Waals surface area contributed by atoms with Crippen LogP contribution in [0.2, 0.25) is 0 Å². The fourth-order valence-corrected chi connectivity index (χ4v) is 6.97.